The fraction of sp³-hybridized carbons (Fsp3) is 0.810. The highest BCUT2D eigenvalue weighted by Crippen LogP contribution is 2.15. The van der Waals surface area contributed by atoms with E-state index in [1.54, 1.807) is 0 Å². The maximum Gasteiger partial charge on any atom is 0.240 e. The Hall–Kier alpha value is -1.72. The molecule has 0 aromatic carbocycles. The number of hydrazone groups is 2. The minimum Gasteiger partial charge on any atom is -0.273 e. The lowest BCUT2D eigenvalue weighted by atomic mass is 10.1. The van der Waals surface area contributed by atoms with Crippen LogP contribution < -0.4 is 10.9 Å². The second-order valence-corrected chi connectivity index (χ2v) is 7.82. The highest BCUT2D eigenvalue weighted by Gasteiger charge is 2.08. The molecule has 2 rings (SSSR count). The summed E-state index contributed by atoms with van der Waals surface area (Å²) in [7, 11) is 0. The van der Waals surface area contributed by atoms with Crippen LogP contribution in [0.4, 0.5) is 0 Å². The molecule has 6 nitrogen and oxygen atoms in total. The van der Waals surface area contributed by atoms with Gasteiger partial charge in [0.25, 0.3) is 0 Å². The molecule has 0 radical (unpaired) electrons. The fourth-order valence-electron chi connectivity index (χ4n) is 3.64. The lowest BCUT2D eigenvalue weighted by Crippen LogP contribution is -2.20. The Balaban J connectivity index is 1.50. The second-order valence-electron chi connectivity index (χ2n) is 7.82. The third kappa shape index (κ3) is 10.3. The van der Waals surface area contributed by atoms with Gasteiger partial charge in [-0.05, 0) is 64.2 Å². The monoisotopic (exact) mass is 376 g/mol. The van der Waals surface area contributed by atoms with Gasteiger partial charge in [0.1, 0.15) is 0 Å². The number of hydrogen-bond donors (Lipinski definition) is 2. The van der Waals surface area contributed by atoms with Crippen LogP contribution in [0.1, 0.15) is 109 Å². The van der Waals surface area contributed by atoms with Crippen molar-refractivity contribution in [2.75, 3.05) is 0 Å². The molecule has 2 fully saturated rings. The van der Waals surface area contributed by atoms with Gasteiger partial charge in [0.15, 0.2) is 0 Å². The lowest BCUT2D eigenvalue weighted by molar-refractivity contribution is -0.121. The fourth-order valence-corrected chi connectivity index (χ4v) is 3.64. The summed E-state index contributed by atoms with van der Waals surface area (Å²) >= 11 is 0. The SMILES string of the molecule is O=C(CCCCCC(=O)NN=C1CCCCCC1)NN=C1CCCCCC1. The summed E-state index contributed by atoms with van der Waals surface area (Å²) < 4.78 is 0. The predicted molar refractivity (Wildman–Crippen MR) is 110 cm³/mol. The van der Waals surface area contributed by atoms with E-state index in [1.807, 2.05) is 0 Å². The van der Waals surface area contributed by atoms with E-state index in [0.29, 0.717) is 12.8 Å². The summed E-state index contributed by atoms with van der Waals surface area (Å²) in [5, 5.41) is 8.57. The van der Waals surface area contributed by atoms with E-state index in [9.17, 15) is 9.59 Å². The van der Waals surface area contributed by atoms with Gasteiger partial charge in [-0.25, -0.2) is 10.9 Å². The largest absolute Gasteiger partial charge is 0.273 e. The van der Waals surface area contributed by atoms with Crippen LogP contribution in [-0.2, 0) is 9.59 Å². The van der Waals surface area contributed by atoms with Gasteiger partial charge in [-0.15, -0.1) is 0 Å². The number of hydrogen-bond acceptors (Lipinski definition) is 4. The molecule has 0 aliphatic heterocycles. The van der Waals surface area contributed by atoms with Crippen molar-refractivity contribution in [1.82, 2.24) is 10.9 Å². The molecule has 0 saturated heterocycles. The van der Waals surface area contributed by atoms with E-state index in [-0.39, 0.29) is 11.8 Å². The molecule has 2 amide bonds. The molecule has 27 heavy (non-hydrogen) atoms. The van der Waals surface area contributed by atoms with Gasteiger partial charge in [0.05, 0.1) is 0 Å². The Labute approximate surface area is 163 Å². The predicted octanol–water partition coefficient (Wildman–Crippen LogP) is 4.59. The van der Waals surface area contributed by atoms with Crippen LogP contribution in [0, 0.1) is 0 Å². The van der Waals surface area contributed by atoms with Crippen molar-refractivity contribution < 1.29 is 9.59 Å². The first-order valence-corrected chi connectivity index (χ1v) is 10.9. The van der Waals surface area contributed by atoms with Crippen LogP contribution in [0.3, 0.4) is 0 Å². The Kier molecular flexibility index (Phi) is 10.7. The Morgan fingerprint density at radius 1 is 0.593 bits per heavy atom. The van der Waals surface area contributed by atoms with Gasteiger partial charge >= 0.3 is 0 Å². The highest BCUT2D eigenvalue weighted by molar-refractivity contribution is 5.87. The van der Waals surface area contributed by atoms with Crippen LogP contribution in [0.2, 0.25) is 0 Å². The highest BCUT2D eigenvalue weighted by atomic mass is 16.2. The van der Waals surface area contributed by atoms with Gasteiger partial charge in [0, 0.05) is 24.3 Å². The maximum atomic E-state index is 11.9. The van der Waals surface area contributed by atoms with Crippen molar-refractivity contribution in [1.29, 1.82) is 0 Å². The number of unbranched alkanes of at least 4 members (excludes halogenated alkanes) is 2. The minimum absolute atomic E-state index is 0.0176. The van der Waals surface area contributed by atoms with Gasteiger partial charge < -0.3 is 0 Å². The molecule has 2 saturated carbocycles. The first kappa shape index (κ1) is 21.6. The van der Waals surface area contributed by atoms with Crippen LogP contribution in [0.15, 0.2) is 10.2 Å². The summed E-state index contributed by atoms with van der Waals surface area (Å²) in [4.78, 5) is 23.7. The molecule has 2 aliphatic rings. The van der Waals surface area contributed by atoms with Crippen molar-refractivity contribution in [2.45, 2.75) is 109 Å². The molecule has 0 bridgehead atoms. The quantitative estimate of drug-likeness (QED) is 0.369. The minimum atomic E-state index is -0.0176. The zero-order chi connectivity index (χ0) is 19.2. The van der Waals surface area contributed by atoms with Gasteiger partial charge in [-0.3, -0.25) is 9.59 Å². The Bertz CT molecular complexity index is 462. The summed E-state index contributed by atoms with van der Waals surface area (Å²) in [6, 6.07) is 0. The molecule has 0 heterocycles. The van der Waals surface area contributed by atoms with E-state index in [1.165, 1.54) is 51.4 Å². The number of amides is 2. The van der Waals surface area contributed by atoms with Crippen molar-refractivity contribution >= 4 is 23.2 Å². The molecule has 0 spiro atoms. The van der Waals surface area contributed by atoms with E-state index in [2.05, 4.69) is 21.1 Å². The number of rotatable bonds is 8. The normalized spacial score (nSPS) is 18.2. The molecule has 0 aromatic heterocycles. The number of carbonyl (C=O) groups excluding carboxylic acids is 2. The smallest absolute Gasteiger partial charge is 0.240 e. The summed E-state index contributed by atoms with van der Waals surface area (Å²) in [6.07, 6.45) is 17.3. The van der Waals surface area contributed by atoms with Crippen molar-refractivity contribution in [2.24, 2.45) is 10.2 Å². The first-order chi connectivity index (χ1) is 13.2. The van der Waals surface area contributed by atoms with Crippen LogP contribution in [0.5, 0.6) is 0 Å². The molecule has 0 atom stereocenters. The molecule has 0 aromatic rings. The number of nitrogens with zero attached hydrogens (tertiary/aromatic N) is 2. The molecule has 6 heteroatoms. The average molecular weight is 377 g/mol. The van der Waals surface area contributed by atoms with Crippen molar-refractivity contribution in [3.05, 3.63) is 0 Å². The Morgan fingerprint density at radius 2 is 0.963 bits per heavy atom. The molecule has 2 aliphatic carbocycles. The zero-order valence-corrected chi connectivity index (χ0v) is 16.7. The van der Waals surface area contributed by atoms with Gasteiger partial charge in [-0.2, -0.15) is 10.2 Å². The molecular weight excluding hydrogens is 340 g/mol. The molecule has 2 N–H and O–H groups in total. The topological polar surface area (TPSA) is 82.9 Å². The lowest BCUT2D eigenvalue weighted by Gasteiger charge is -2.05. The van der Waals surface area contributed by atoms with E-state index < -0.39 is 0 Å². The Morgan fingerprint density at radius 3 is 1.33 bits per heavy atom. The summed E-state index contributed by atoms with van der Waals surface area (Å²) in [5.74, 6) is -0.0353. The van der Waals surface area contributed by atoms with Crippen LogP contribution >= 0.6 is 0 Å². The van der Waals surface area contributed by atoms with Crippen LogP contribution in [-0.4, -0.2) is 23.2 Å². The number of nitrogens with one attached hydrogen (secondary N) is 2. The van der Waals surface area contributed by atoms with Crippen LogP contribution in [0.25, 0.3) is 0 Å². The zero-order valence-electron chi connectivity index (χ0n) is 16.7. The average Bonchev–Trinajstić information content (AvgIpc) is 3.09. The third-order valence-corrected chi connectivity index (χ3v) is 5.35. The molecular formula is C21H36N4O2. The second kappa shape index (κ2) is 13.4. The summed E-state index contributed by atoms with van der Waals surface area (Å²) in [5.41, 5.74) is 7.65. The van der Waals surface area contributed by atoms with Gasteiger partial charge in [-0.1, -0.05) is 32.1 Å². The van der Waals surface area contributed by atoms with Gasteiger partial charge in [0.2, 0.25) is 11.8 Å². The van der Waals surface area contributed by atoms with Crippen molar-refractivity contribution in [3.63, 3.8) is 0 Å². The van der Waals surface area contributed by atoms with E-state index in [0.717, 1.165) is 56.4 Å². The summed E-state index contributed by atoms with van der Waals surface area (Å²) in [6.45, 7) is 0. The van der Waals surface area contributed by atoms with Crippen molar-refractivity contribution in [3.8, 4) is 0 Å². The third-order valence-electron chi connectivity index (χ3n) is 5.35. The molecule has 152 valence electrons. The number of carbonyl (C=O) groups is 2. The molecule has 0 unspecified atom stereocenters. The standard InChI is InChI=1S/C21H36N4O2/c26-20(24-22-18-12-6-1-2-7-13-18)16-10-5-11-17-21(27)25-23-19-14-8-3-4-9-15-19/h1-17H2,(H,24,26)(H,25,27). The van der Waals surface area contributed by atoms with E-state index >= 15 is 0 Å². The maximum absolute atomic E-state index is 11.9. The van der Waals surface area contributed by atoms with E-state index in [4.69, 9.17) is 0 Å². The first-order valence-electron chi connectivity index (χ1n) is 10.9.